The van der Waals surface area contributed by atoms with Crippen LogP contribution in [0.1, 0.15) is 25.3 Å². The Balaban J connectivity index is 0.00000312. The minimum atomic E-state index is -0.616. The van der Waals surface area contributed by atoms with Gasteiger partial charge in [-0.25, -0.2) is 9.38 Å². The van der Waals surface area contributed by atoms with Gasteiger partial charge in [0.1, 0.15) is 0 Å². The Kier molecular flexibility index (Phi) is 9.81. The number of halogens is 2. The van der Waals surface area contributed by atoms with Crippen LogP contribution in [0.15, 0.2) is 35.8 Å². The van der Waals surface area contributed by atoms with E-state index in [0.29, 0.717) is 12.6 Å². The molecule has 1 aromatic carbocycles. The van der Waals surface area contributed by atoms with E-state index in [0.717, 1.165) is 50.5 Å². The van der Waals surface area contributed by atoms with Crippen molar-refractivity contribution in [1.29, 1.82) is 0 Å². The number of hydrogen-bond donors (Lipinski definition) is 3. The highest BCUT2D eigenvalue weighted by Crippen LogP contribution is 2.16. The quantitative estimate of drug-likeness (QED) is 0.264. The number of aromatic hydroxyl groups is 1. The molecule has 0 aliphatic carbocycles. The molecule has 0 aromatic heterocycles. The number of benzene rings is 1. The van der Waals surface area contributed by atoms with Gasteiger partial charge in [0.25, 0.3) is 0 Å². The Morgan fingerprint density at radius 2 is 2.16 bits per heavy atom. The Morgan fingerprint density at radius 1 is 1.44 bits per heavy atom. The van der Waals surface area contributed by atoms with Gasteiger partial charge in [-0.1, -0.05) is 12.1 Å². The van der Waals surface area contributed by atoms with E-state index in [2.05, 4.69) is 27.1 Å². The van der Waals surface area contributed by atoms with Crippen molar-refractivity contribution < 1.29 is 9.50 Å². The lowest BCUT2D eigenvalue weighted by molar-refractivity contribution is 0.225. The molecule has 1 aliphatic heterocycles. The Bertz CT molecular complexity index is 574. The fourth-order valence-electron chi connectivity index (χ4n) is 2.77. The van der Waals surface area contributed by atoms with Gasteiger partial charge in [0.15, 0.2) is 17.5 Å². The monoisotopic (exact) mass is 462 g/mol. The highest BCUT2D eigenvalue weighted by Gasteiger charge is 2.19. The second-order valence-corrected chi connectivity index (χ2v) is 5.99. The topological polar surface area (TPSA) is 59.9 Å². The van der Waals surface area contributed by atoms with Gasteiger partial charge in [0.05, 0.1) is 6.54 Å². The third-order valence-electron chi connectivity index (χ3n) is 4.09. The fourth-order valence-corrected chi connectivity index (χ4v) is 2.77. The number of phenols is 1. The van der Waals surface area contributed by atoms with Crippen LogP contribution in [0.5, 0.6) is 5.75 Å². The number of nitrogens with zero attached hydrogens (tertiary/aromatic N) is 2. The van der Waals surface area contributed by atoms with E-state index >= 15 is 0 Å². The maximum atomic E-state index is 13.4. The normalized spacial score (nSPS) is 16.2. The summed E-state index contributed by atoms with van der Waals surface area (Å²) < 4.78 is 13.4. The molecular weight excluding hydrogens is 434 g/mol. The van der Waals surface area contributed by atoms with Crippen molar-refractivity contribution in [3.05, 3.63) is 42.2 Å². The average Bonchev–Trinajstić information content (AvgIpc) is 2.58. The molecule has 2 rings (SSSR count). The molecule has 0 saturated carbocycles. The number of piperidine rings is 1. The SMILES string of the molecule is C=CCN1CCC(NC(=NCc2ccc(O)c(F)c2)NCC)CC1.I. The van der Waals surface area contributed by atoms with Crippen molar-refractivity contribution >= 4 is 29.9 Å². The summed E-state index contributed by atoms with van der Waals surface area (Å²) in [4.78, 5) is 6.90. The van der Waals surface area contributed by atoms with Crippen LogP contribution >= 0.6 is 24.0 Å². The largest absolute Gasteiger partial charge is 0.505 e. The molecule has 0 atom stereocenters. The third kappa shape index (κ3) is 7.19. The van der Waals surface area contributed by atoms with Crippen LogP contribution in [-0.4, -0.2) is 48.2 Å². The molecule has 3 N–H and O–H groups in total. The molecule has 1 aliphatic rings. The zero-order chi connectivity index (χ0) is 17.4. The third-order valence-corrected chi connectivity index (χ3v) is 4.09. The van der Waals surface area contributed by atoms with Crippen LogP contribution in [0.25, 0.3) is 0 Å². The lowest BCUT2D eigenvalue weighted by Gasteiger charge is -2.32. The van der Waals surface area contributed by atoms with Gasteiger partial charge < -0.3 is 15.7 Å². The predicted molar refractivity (Wildman–Crippen MR) is 111 cm³/mol. The van der Waals surface area contributed by atoms with Gasteiger partial charge in [-0.2, -0.15) is 0 Å². The van der Waals surface area contributed by atoms with Gasteiger partial charge in [-0.3, -0.25) is 4.90 Å². The van der Waals surface area contributed by atoms with E-state index in [-0.39, 0.29) is 29.7 Å². The summed E-state index contributed by atoms with van der Waals surface area (Å²) in [5.74, 6) is -0.206. The molecule has 0 amide bonds. The summed E-state index contributed by atoms with van der Waals surface area (Å²) in [6.45, 7) is 9.97. The summed E-state index contributed by atoms with van der Waals surface area (Å²) in [6.07, 6.45) is 4.06. The molecule has 0 radical (unpaired) electrons. The molecule has 25 heavy (non-hydrogen) atoms. The standard InChI is InChI=1S/C18H27FN4O.HI/c1-3-9-23-10-7-15(8-11-23)22-18(20-4-2)21-13-14-5-6-17(24)16(19)12-14;/h3,5-6,12,15,24H,1,4,7-11,13H2,2H3,(H2,20,21,22);1H. The summed E-state index contributed by atoms with van der Waals surface area (Å²) in [6, 6.07) is 4.74. The van der Waals surface area contributed by atoms with Gasteiger partial charge in [0, 0.05) is 32.2 Å². The van der Waals surface area contributed by atoms with Crippen molar-refractivity contribution in [1.82, 2.24) is 15.5 Å². The predicted octanol–water partition coefficient (Wildman–Crippen LogP) is 2.85. The first kappa shape index (κ1) is 21.7. The molecule has 0 spiro atoms. The van der Waals surface area contributed by atoms with Gasteiger partial charge in [0.2, 0.25) is 0 Å². The van der Waals surface area contributed by atoms with Crippen LogP contribution in [0.4, 0.5) is 4.39 Å². The average molecular weight is 462 g/mol. The highest BCUT2D eigenvalue weighted by molar-refractivity contribution is 14.0. The molecule has 0 bridgehead atoms. The molecule has 5 nitrogen and oxygen atoms in total. The van der Waals surface area contributed by atoms with Gasteiger partial charge in [-0.05, 0) is 37.5 Å². The van der Waals surface area contributed by atoms with Crippen LogP contribution in [-0.2, 0) is 6.54 Å². The summed E-state index contributed by atoms with van der Waals surface area (Å²) in [5, 5.41) is 15.9. The van der Waals surface area contributed by atoms with E-state index in [1.165, 1.54) is 12.1 Å². The number of phenolic OH excluding ortho intramolecular Hbond substituents is 1. The van der Waals surface area contributed by atoms with Gasteiger partial charge >= 0.3 is 0 Å². The van der Waals surface area contributed by atoms with Crippen molar-refractivity contribution in [3.63, 3.8) is 0 Å². The first-order chi connectivity index (χ1) is 11.6. The van der Waals surface area contributed by atoms with E-state index in [9.17, 15) is 9.50 Å². The zero-order valence-electron chi connectivity index (χ0n) is 14.7. The maximum absolute atomic E-state index is 13.4. The summed E-state index contributed by atoms with van der Waals surface area (Å²) in [7, 11) is 0. The number of likely N-dealkylation sites (tertiary alicyclic amines) is 1. The first-order valence-corrected chi connectivity index (χ1v) is 8.48. The van der Waals surface area contributed by atoms with E-state index in [1.54, 1.807) is 6.07 Å². The van der Waals surface area contributed by atoms with Crippen molar-refractivity contribution in [2.45, 2.75) is 32.4 Å². The fraction of sp³-hybridized carbons (Fsp3) is 0.500. The van der Waals surface area contributed by atoms with E-state index in [4.69, 9.17) is 0 Å². The lowest BCUT2D eigenvalue weighted by atomic mass is 10.1. The first-order valence-electron chi connectivity index (χ1n) is 8.48. The van der Waals surface area contributed by atoms with E-state index in [1.807, 2.05) is 13.0 Å². The van der Waals surface area contributed by atoms with Crippen molar-refractivity contribution in [2.75, 3.05) is 26.2 Å². The second kappa shape index (κ2) is 11.3. The Morgan fingerprint density at radius 3 is 2.76 bits per heavy atom. The van der Waals surface area contributed by atoms with E-state index < -0.39 is 5.82 Å². The molecule has 7 heteroatoms. The molecule has 1 fully saturated rings. The molecule has 0 unspecified atom stereocenters. The Labute approximate surface area is 166 Å². The second-order valence-electron chi connectivity index (χ2n) is 5.99. The highest BCUT2D eigenvalue weighted by atomic mass is 127. The molecule has 1 heterocycles. The van der Waals surface area contributed by atoms with Gasteiger partial charge in [-0.15, -0.1) is 30.6 Å². The Hall–Kier alpha value is -1.35. The van der Waals surface area contributed by atoms with Crippen molar-refractivity contribution in [2.24, 2.45) is 4.99 Å². The molecule has 1 aromatic rings. The zero-order valence-corrected chi connectivity index (χ0v) is 17.0. The molecule has 140 valence electrons. The summed E-state index contributed by atoms with van der Waals surface area (Å²) >= 11 is 0. The van der Waals surface area contributed by atoms with Crippen molar-refractivity contribution in [3.8, 4) is 5.75 Å². The molecule has 1 saturated heterocycles. The van der Waals surface area contributed by atoms with Crippen LogP contribution in [0, 0.1) is 5.82 Å². The smallest absolute Gasteiger partial charge is 0.191 e. The number of aliphatic imine (C=N–C) groups is 1. The number of hydrogen-bond acceptors (Lipinski definition) is 3. The van der Waals surface area contributed by atoms with Crippen LogP contribution < -0.4 is 10.6 Å². The minimum absolute atomic E-state index is 0. The lowest BCUT2D eigenvalue weighted by Crippen LogP contribution is -2.48. The van der Waals surface area contributed by atoms with Crippen LogP contribution in [0.3, 0.4) is 0 Å². The maximum Gasteiger partial charge on any atom is 0.191 e. The number of nitrogens with one attached hydrogen (secondary N) is 2. The van der Waals surface area contributed by atoms with Crippen LogP contribution in [0.2, 0.25) is 0 Å². The summed E-state index contributed by atoms with van der Waals surface area (Å²) in [5.41, 5.74) is 0.725. The number of rotatable bonds is 6. The molecular formula is C18H28FIN4O. The minimum Gasteiger partial charge on any atom is -0.505 e. The number of guanidine groups is 1.